The summed E-state index contributed by atoms with van der Waals surface area (Å²) in [5.41, 5.74) is 6.36. The van der Waals surface area contributed by atoms with Crippen molar-refractivity contribution in [1.29, 1.82) is 0 Å². The number of likely N-dealkylation sites (tertiary alicyclic amines) is 2. The summed E-state index contributed by atoms with van der Waals surface area (Å²) in [6.07, 6.45) is 9.03. The predicted octanol–water partition coefficient (Wildman–Crippen LogP) is 5.19. The highest BCUT2D eigenvalue weighted by Gasteiger charge is 2.50. The Morgan fingerprint density at radius 3 is 2.47 bits per heavy atom. The SMILES string of the molecule is O=C1CCC(N2C(=O)C3=CC=C(N4CCC5(CC4)CN(CCCOc4ccc(C6c7ccc(O)cc7CCC6c6ccccc6)cc4)CCO5)CC3C2=O)C(=O)N1. The fourth-order valence-corrected chi connectivity index (χ4v) is 10.1. The third-order valence-electron chi connectivity index (χ3n) is 13.1. The van der Waals surface area contributed by atoms with Crippen molar-refractivity contribution in [2.24, 2.45) is 5.92 Å². The molecule has 4 atom stereocenters. The van der Waals surface area contributed by atoms with E-state index in [1.165, 1.54) is 22.3 Å². The lowest BCUT2D eigenvalue weighted by Gasteiger charge is -2.48. The Labute approximate surface area is 333 Å². The smallest absolute Gasteiger partial charge is 0.257 e. The quantitative estimate of drug-likeness (QED) is 0.223. The van der Waals surface area contributed by atoms with Crippen molar-refractivity contribution in [3.05, 3.63) is 118 Å². The molecule has 0 bridgehead atoms. The summed E-state index contributed by atoms with van der Waals surface area (Å²) in [4.78, 5) is 56.7. The van der Waals surface area contributed by atoms with E-state index in [1.807, 2.05) is 18.2 Å². The Morgan fingerprint density at radius 2 is 1.68 bits per heavy atom. The van der Waals surface area contributed by atoms with Crippen molar-refractivity contribution in [1.82, 2.24) is 20.0 Å². The summed E-state index contributed by atoms with van der Waals surface area (Å²) in [7, 11) is 0. The van der Waals surface area contributed by atoms with Crippen LogP contribution >= 0.6 is 0 Å². The van der Waals surface area contributed by atoms with Gasteiger partial charge in [-0.25, -0.2) is 0 Å². The van der Waals surface area contributed by atoms with Crippen LogP contribution in [0.25, 0.3) is 0 Å². The molecule has 0 radical (unpaired) electrons. The molecule has 4 fully saturated rings. The summed E-state index contributed by atoms with van der Waals surface area (Å²) in [5, 5.41) is 12.5. The second-order valence-electron chi connectivity index (χ2n) is 16.5. The number of imide groups is 2. The van der Waals surface area contributed by atoms with E-state index in [0.717, 1.165) is 81.2 Å². The van der Waals surface area contributed by atoms with Gasteiger partial charge >= 0.3 is 0 Å². The first kappa shape index (κ1) is 37.3. The fourth-order valence-electron chi connectivity index (χ4n) is 10.1. The van der Waals surface area contributed by atoms with E-state index in [4.69, 9.17) is 9.47 Å². The average molecular weight is 771 g/mol. The zero-order valence-electron chi connectivity index (χ0n) is 32.2. The predicted molar refractivity (Wildman–Crippen MR) is 212 cm³/mol. The van der Waals surface area contributed by atoms with E-state index >= 15 is 0 Å². The number of nitrogens with one attached hydrogen (secondary N) is 1. The number of nitrogens with zero attached hydrogens (tertiary/aromatic N) is 3. The highest BCUT2D eigenvalue weighted by molar-refractivity contribution is 6.18. The fraction of sp³-hybridized carbons (Fsp3) is 0.435. The zero-order valence-corrected chi connectivity index (χ0v) is 32.2. The monoisotopic (exact) mass is 770 g/mol. The molecule has 3 aromatic rings. The Bertz CT molecular complexity index is 2110. The van der Waals surface area contributed by atoms with Crippen LogP contribution in [0.15, 0.2) is 96.2 Å². The molecular weight excluding hydrogens is 721 g/mol. The van der Waals surface area contributed by atoms with Crippen LogP contribution in [0.1, 0.15) is 79.0 Å². The van der Waals surface area contributed by atoms with Crippen LogP contribution in [0, 0.1) is 5.92 Å². The van der Waals surface area contributed by atoms with Crippen molar-refractivity contribution in [2.75, 3.05) is 45.9 Å². The van der Waals surface area contributed by atoms with Gasteiger partial charge in [0.05, 0.1) is 24.7 Å². The number of carbonyl (C=O) groups excluding carboxylic acids is 4. The third-order valence-corrected chi connectivity index (χ3v) is 13.1. The average Bonchev–Trinajstić information content (AvgIpc) is 3.47. The largest absolute Gasteiger partial charge is 0.508 e. The van der Waals surface area contributed by atoms with Gasteiger partial charge in [0.25, 0.3) is 5.91 Å². The molecule has 6 aliphatic rings. The van der Waals surface area contributed by atoms with Crippen molar-refractivity contribution in [3.63, 3.8) is 0 Å². The van der Waals surface area contributed by atoms with Gasteiger partial charge in [-0.15, -0.1) is 0 Å². The van der Waals surface area contributed by atoms with Gasteiger partial charge < -0.3 is 19.5 Å². The first-order chi connectivity index (χ1) is 27.7. The first-order valence-corrected chi connectivity index (χ1v) is 20.6. The van der Waals surface area contributed by atoms with E-state index in [-0.39, 0.29) is 36.2 Å². The number of fused-ring (bicyclic) bond motifs is 2. The molecule has 4 amide bonds. The standard InChI is InChI=1S/C46H50N4O7/c51-34-11-16-37-32(27-34)9-14-36(30-5-2-1-3-6-30)42(37)31-7-12-35(13-8-31)56-25-4-21-48-24-26-57-46(29-48)19-22-49(23-20-46)33-10-15-38-39(28-33)45(55)50(44(38)54)40-17-18-41(52)47-43(40)53/h1-3,5-8,10-13,15-16,27,36,39-40,42,51H,4,9,14,17-26,28-29H2,(H,47,52,53). The van der Waals surface area contributed by atoms with Gasteiger partial charge in [0.2, 0.25) is 17.7 Å². The second-order valence-corrected chi connectivity index (χ2v) is 16.5. The summed E-state index contributed by atoms with van der Waals surface area (Å²) in [5.74, 6) is -0.572. The molecule has 0 aromatic heterocycles. The molecule has 2 aliphatic carbocycles. The lowest BCUT2D eigenvalue weighted by Crippen LogP contribution is -2.57. The molecule has 4 unspecified atom stereocenters. The molecule has 296 valence electrons. The van der Waals surface area contributed by atoms with Crippen molar-refractivity contribution in [2.45, 2.75) is 74.8 Å². The lowest BCUT2D eigenvalue weighted by molar-refractivity contribution is -0.151. The summed E-state index contributed by atoms with van der Waals surface area (Å²) in [6, 6.07) is 24.3. The Hall–Kier alpha value is -5.26. The Kier molecular flexibility index (Phi) is 10.2. The summed E-state index contributed by atoms with van der Waals surface area (Å²) >= 11 is 0. The summed E-state index contributed by atoms with van der Waals surface area (Å²) in [6.45, 7) is 5.62. The Balaban J connectivity index is 0.758. The maximum Gasteiger partial charge on any atom is 0.257 e. The molecule has 2 N–H and O–H groups in total. The molecule has 0 saturated carbocycles. The molecule has 1 spiro atoms. The number of morpholine rings is 1. The molecule has 3 aromatic carbocycles. The number of ether oxygens (including phenoxy) is 2. The first-order valence-electron chi connectivity index (χ1n) is 20.6. The van der Waals surface area contributed by atoms with Crippen LogP contribution < -0.4 is 10.1 Å². The molecule has 57 heavy (non-hydrogen) atoms. The number of amides is 4. The van der Waals surface area contributed by atoms with E-state index < -0.39 is 23.8 Å². The van der Waals surface area contributed by atoms with Crippen LogP contribution in [0.2, 0.25) is 0 Å². The normalized spacial score (nSPS) is 26.1. The number of rotatable bonds is 9. The number of allylic oxidation sites excluding steroid dienone is 3. The molecule has 4 heterocycles. The summed E-state index contributed by atoms with van der Waals surface area (Å²) < 4.78 is 12.7. The van der Waals surface area contributed by atoms with Crippen LogP contribution in [-0.2, 0) is 30.3 Å². The second kappa shape index (κ2) is 15.6. The number of hydrogen-bond donors (Lipinski definition) is 2. The minimum atomic E-state index is -0.936. The van der Waals surface area contributed by atoms with Gasteiger partial charge in [-0.05, 0) is 97.0 Å². The van der Waals surface area contributed by atoms with Gasteiger partial charge in [0.1, 0.15) is 17.5 Å². The van der Waals surface area contributed by atoms with Crippen LogP contribution in [0.3, 0.4) is 0 Å². The van der Waals surface area contributed by atoms with Gasteiger partial charge in [0.15, 0.2) is 0 Å². The number of carbonyl (C=O) groups is 4. The number of piperidine rings is 2. The van der Waals surface area contributed by atoms with Gasteiger partial charge in [0, 0.05) is 62.8 Å². The van der Waals surface area contributed by atoms with Crippen LogP contribution in [0.4, 0.5) is 0 Å². The molecule has 11 nitrogen and oxygen atoms in total. The van der Waals surface area contributed by atoms with Crippen LogP contribution in [-0.4, -0.2) is 101 Å². The molecular formula is C46H50N4O7. The lowest BCUT2D eigenvalue weighted by atomic mass is 9.69. The molecule has 11 heteroatoms. The number of aromatic hydroxyl groups is 1. The minimum absolute atomic E-state index is 0.111. The molecule has 4 aliphatic heterocycles. The van der Waals surface area contributed by atoms with E-state index in [0.29, 0.717) is 36.9 Å². The third kappa shape index (κ3) is 7.39. The highest BCUT2D eigenvalue weighted by Crippen LogP contribution is 2.47. The van der Waals surface area contributed by atoms with Crippen LogP contribution in [0.5, 0.6) is 11.5 Å². The van der Waals surface area contributed by atoms with E-state index in [2.05, 4.69) is 75.8 Å². The van der Waals surface area contributed by atoms with E-state index in [9.17, 15) is 24.3 Å². The van der Waals surface area contributed by atoms with Gasteiger partial charge in [-0.3, -0.25) is 34.3 Å². The Morgan fingerprint density at radius 1 is 0.877 bits per heavy atom. The maximum atomic E-state index is 13.5. The zero-order chi connectivity index (χ0) is 39.1. The maximum absolute atomic E-state index is 13.5. The molecule has 9 rings (SSSR count). The number of benzene rings is 3. The number of phenolic OH excluding ortho intramolecular Hbond substituents is 1. The number of hydrogen-bond acceptors (Lipinski definition) is 9. The van der Waals surface area contributed by atoms with Crippen molar-refractivity contribution >= 4 is 23.6 Å². The molecule has 4 saturated heterocycles. The van der Waals surface area contributed by atoms with Crippen molar-refractivity contribution in [3.8, 4) is 11.5 Å². The number of aryl methyl sites for hydroxylation is 1. The minimum Gasteiger partial charge on any atom is -0.508 e. The van der Waals surface area contributed by atoms with Crippen molar-refractivity contribution < 1.29 is 33.8 Å². The van der Waals surface area contributed by atoms with E-state index in [1.54, 1.807) is 6.08 Å². The number of phenols is 1. The topological polar surface area (TPSA) is 129 Å². The highest BCUT2D eigenvalue weighted by atomic mass is 16.5. The van der Waals surface area contributed by atoms with Gasteiger partial charge in [-0.2, -0.15) is 0 Å². The van der Waals surface area contributed by atoms with Gasteiger partial charge in [-0.1, -0.05) is 54.6 Å².